The lowest BCUT2D eigenvalue weighted by Crippen LogP contribution is -2.25. The fourth-order valence-electron chi connectivity index (χ4n) is 2.50. The number of para-hydroxylation sites is 1. The van der Waals surface area contributed by atoms with Crippen LogP contribution in [0.15, 0.2) is 48.7 Å². The Hall–Kier alpha value is -3.19. The highest BCUT2D eigenvalue weighted by Gasteiger charge is 2.13. The number of nitrogens with zero attached hydrogens (tertiary/aromatic N) is 2. The first-order valence-corrected chi connectivity index (χ1v) is 7.32. The number of carbonyl (C=O) groups is 2. The molecule has 3 rings (SSSR count). The molecule has 7 nitrogen and oxygen atoms in total. The van der Waals surface area contributed by atoms with Crippen LogP contribution in [-0.2, 0) is 13.6 Å². The van der Waals surface area contributed by atoms with Gasteiger partial charge in [-0.1, -0.05) is 18.2 Å². The molecule has 2 aromatic heterocycles. The third-order valence-electron chi connectivity index (χ3n) is 3.80. The summed E-state index contributed by atoms with van der Waals surface area (Å²) < 4.78 is 1.84. The smallest absolute Gasteiger partial charge is 0.276 e. The molecule has 0 aliphatic heterocycles. The summed E-state index contributed by atoms with van der Waals surface area (Å²) in [5.41, 5.74) is 3.93. The van der Waals surface area contributed by atoms with Crippen LogP contribution in [0.2, 0.25) is 0 Å². The van der Waals surface area contributed by atoms with Gasteiger partial charge in [0.2, 0.25) is 0 Å². The van der Waals surface area contributed by atoms with Gasteiger partial charge in [-0.15, -0.1) is 0 Å². The van der Waals surface area contributed by atoms with Gasteiger partial charge in [0.05, 0.1) is 17.8 Å². The number of nitrogens with one attached hydrogen (secondary N) is 2. The van der Waals surface area contributed by atoms with E-state index in [1.807, 2.05) is 41.9 Å². The van der Waals surface area contributed by atoms with Crippen LogP contribution >= 0.6 is 0 Å². The van der Waals surface area contributed by atoms with Crippen molar-refractivity contribution in [3.63, 3.8) is 0 Å². The summed E-state index contributed by atoms with van der Waals surface area (Å²) in [5, 5.41) is 12.4. The number of aryl methyl sites for hydroxylation is 1. The maximum Gasteiger partial charge on any atom is 0.276 e. The normalized spacial score (nSPS) is 10.6. The molecule has 2 heterocycles. The predicted molar refractivity (Wildman–Crippen MR) is 87.6 cm³/mol. The molecule has 0 saturated carbocycles. The summed E-state index contributed by atoms with van der Waals surface area (Å²) >= 11 is 0. The summed E-state index contributed by atoms with van der Waals surface area (Å²) in [5.74, 6) is -0.832. The van der Waals surface area contributed by atoms with Crippen molar-refractivity contribution in [2.24, 2.45) is 7.05 Å². The summed E-state index contributed by atoms with van der Waals surface area (Å²) in [6.07, 6.45) is 1.34. The van der Waals surface area contributed by atoms with E-state index >= 15 is 0 Å². The van der Waals surface area contributed by atoms with Crippen LogP contribution in [0.4, 0.5) is 0 Å². The Morgan fingerprint density at radius 1 is 1.17 bits per heavy atom. The van der Waals surface area contributed by atoms with E-state index in [2.05, 4.69) is 10.3 Å². The van der Waals surface area contributed by atoms with Gasteiger partial charge in [0.1, 0.15) is 5.69 Å². The molecule has 0 bridgehead atoms. The van der Waals surface area contributed by atoms with Crippen molar-refractivity contribution in [3.8, 4) is 0 Å². The molecular weight excluding hydrogens is 308 g/mol. The van der Waals surface area contributed by atoms with Crippen molar-refractivity contribution >= 4 is 22.7 Å². The topological polar surface area (TPSA) is 96.2 Å². The third kappa shape index (κ3) is 2.97. The molecule has 0 unspecified atom stereocenters. The summed E-state index contributed by atoms with van der Waals surface area (Å²) in [6.45, 7) is 0.237. The number of aromatic nitrogens is 2. The molecule has 0 radical (unpaired) electrons. The van der Waals surface area contributed by atoms with Crippen molar-refractivity contribution in [1.82, 2.24) is 20.3 Å². The molecule has 1 aromatic carbocycles. The minimum atomic E-state index is -0.631. The van der Waals surface area contributed by atoms with E-state index in [4.69, 9.17) is 5.21 Å². The number of fused-ring (bicyclic) bond motifs is 1. The van der Waals surface area contributed by atoms with Crippen molar-refractivity contribution in [2.75, 3.05) is 0 Å². The largest absolute Gasteiger partial charge is 0.345 e. The fourth-order valence-corrected chi connectivity index (χ4v) is 2.50. The van der Waals surface area contributed by atoms with E-state index in [9.17, 15) is 9.59 Å². The first-order valence-electron chi connectivity index (χ1n) is 7.32. The molecule has 0 saturated heterocycles. The van der Waals surface area contributed by atoms with Crippen LogP contribution in [0.3, 0.4) is 0 Å². The first kappa shape index (κ1) is 15.7. The molecule has 0 atom stereocenters. The van der Waals surface area contributed by atoms with Crippen molar-refractivity contribution < 1.29 is 14.8 Å². The molecule has 0 aliphatic rings. The quantitative estimate of drug-likeness (QED) is 0.502. The van der Waals surface area contributed by atoms with E-state index < -0.39 is 5.91 Å². The highest BCUT2D eigenvalue weighted by atomic mass is 16.5. The van der Waals surface area contributed by atoms with Crippen molar-refractivity contribution in [3.05, 3.63) is 65.6 Å². The number of carbonyl (C=O) groups excluding carboxylic acids is 2. The molecular formula is C17H16N4O3. The molecule has 24 heavy (non-hydrogen) atoms. The standard InChI is InChI=1S/C17H16N4O3/c1-21-14-5-3-2-4-11(14)8-15(21)17(23)19-10-13-7-6-12(9-18-13)16(22)20-24/h2-9,24H,10H2,1H3,(H,19,23)(H,20,22). The predicted octanol–water partition coefficient (Wildman–Crippen LogP) is 1.62. The molecule has 3 aromatic rings. The van der Waals surface area contributed by atoms with Gasteiger partial charge in [-0.05, 0) is 24.3 Å². The fraction of sp³-hybridized carbons (Fsp3) is 0.118. The van der Waals surface area contributed by atoms with Crippen molar-refractivity contribution in [1.29, 1.82) is 0 Å². The Morgan fingerprint density at radius 2 is 1.96 bits per heavy atom. The number of rotatable bonds is 4. The third-order valence-corrected chi connectivity index (χ3v) is 3.80. The van der Waals surface area contributed by atoms with Gasteiger partial charge in [0, 0.05) is 24.1 Å². The SMILES string of the molecule is Cn1c(C(=O)NCc2ccc(C(=O)NO)cn2)cc2ccccc21. The average molecular weight is 324 g/mol. The Morgan fingerprint density at radius 3 is 2.62 bits per heavy atom. The zero-order valence-electron chi connectivity index (χ0n) is 13.0. The van der Waals surface area contributed by atoms with Gasteiger partial charge < -0.3 is 9.88 Å². The number of hydrogen-bond acceptors (Lipinski definition) is 4. The van der Waals surface area contributed by atoms with E-state index in [-0.39, 0.29) is 18.0 Å². The molecule has 7 heteroatoms. The number of benzene rings is 1. The zero-order valence-corrected chi connectivity index (χ0v) is 13.0. The lowest BCUT2D eigenvalue weighted by molar-refractivity contribution is 0.0705. The van der Waals surface area contributed by atoms with Crippen LogP contribution in [0.25, 0.3) is 10.9 Å². The molecule has 0 aliphatic carbocycles. The molecule has 0 spiro atoms. The van der Waals surface area contributed by atoms with Crippen LogP contribution in [0.1, 0.15) is 26.5 Å². The van der Waals surface area contributed by atoms with Gasteiger partial charge in [-0.2, -0.15) is 0 Å². The lowest BCUT2D eigenvalue weighted by Gasteiger charge is -2.07. The molecule has 122 valence electrons. The second-order valence-electron chi connectivity index (χ2n) is 5.31. The number of hydroxylamine groups is 1. The highest BCUT2D eigenvalue weighted by molar-refractivity contribution is 5.98. The maximum absolute atomic E-state index is 12.4. The van der Waals surface area contributed by atoms with Crippen LogP contribution in [-0.4, -0.2) is 26.6 Å². The minimum Gasteiger partial charge on any atom is -0.345 e. The van der Waals surface area contributed by atoms with Crippen molar-refractivity contribution in [2.45, 2.75) is 6.54 Å². The second kappa shape index (κ2) is 6.51. The zero-order chi connectivity index (χ0) is 17.1. The van der Waals surface area contributed by atoms with Gasteiger partial charge in [0.25, 0.3) is 11.8 Å². The summed E-state index contributed by atoms with van der Waals surface area (Å²) in [7, 11) is 1.85. The lowest BCUT2D eigenvalue weighted by atomic mass is 10.2. The molecule has 3 N–H and O–H groups in total. The van der Waals surface area contributed by atoms with Crippen LogP contribution in [0.5, 0.6) is 0 Å². The first-order chi connectivity index (χ1) is 11.6. The van der Waals surface area contributed by atoms with E-state index in [1.165, 1.54) is 17.7 Å². The number of pyridine rings is 1. The van der Waals surface area contributed by atoms with E-state index in [0.717, 1.165) is 10.9 Å². The summed E-state index contributed by atoms with van der Waals surface area (Å²) in [6, 6.07) is 12.8. The average Bonchev–Trinajstić information content (AvgIpc) is 2.96. The van der Waals surface area contributed by atoms with Gasteiger partial charge in [-0.25, -0.2) is 5.48 Å². The van der Waals surface area contributed by atoms with Crippen LogP contribution in [0, 0.1) is 0 Å². The minimum absolute atomic E-state index is 0.201. The van der Waals surface area contributed by atoms with E-state index in [0.29, 0.717) is 11.4 Å². The monoisotopic (exact) mass is 324 g/mol. The number of hydrogen-bond donors (Lipinski definition) is 3. The Balaban J connectivity index is 1.70. The van der Waals surface area contributed by atoms with Gasteiger partial charge >= 0.3 is 0 Å². The van der Waals surface area contributed by atoms with E-state index in [1.54, 1.807) is 6.07 Å². The second-order valence-corrected chi connectivity index (χ2v) is 5.31. The summed E-state index contributed by atoms with van der Waals surface area (Å²) in [4.78, 5) is 27.7. The molecule has 2 amide bonds. The Labute approximate surface area is 137 Å². The van der Waals surface area contributed by atoms with Gasteiger partial charge in [0.15, 0.2) is 0 Å². The molecule has 0 fully saturated rings. The van der Waals surface area contributed by atoms with Crippen LogP contribution < -0.4 is 10.8 Å². The number of amides is 2. The van der Waals surface area contributed by atoms with Gasteiger partial charge in [-0.3, -0.25) is 19.8 Å². The maximum atomic E-state index is 12.4. The Kier molecular flexibility index (Phi) is 4.26. The highest BCUT2D eigenvalue weighted by Crippen LogP contribution is 2.18. The Bertz CT molecular complexity index is 900.